The van der Waals surface area contributed by atoms with E-state index in [1.807, 2.05) is 6.92 Å². The second kappa shape index (κ2) is 7.12. The maximum atomic E-state index is 10.3. The van der Waals surface area contributed by atoms with Crippen LogP contribution in [0.1, 0.15) is 55.1 Å². The third-order valence-corrected chi connectivity index (χ3v) is 4.41. The van der Waals surface area contributed by atoms with E-state index >= 15 is 0 Å². The number of aromatic nitrogens is 1. The summed E-state index contributed by atoms with van der Waals surface area (Å²) >= 11 is 1.73. The molecule has 0 fully saturated rings. The van der Waals surface area contributed by atoms with Crippen LogP contribution in [0.25, 0.3) is 0 Å². The number of hydrogen-bond acceptors (Lipinski definition) is 3. The van der Waals surface area contributed by atoms with Gasteiger partial charge in [-0.2, -0.15) is 0 Å². The lowest BCUT2D eigenvalue weighted by Crippen LogP contribution is -2.22. The highest BCUT2D eigenvalue weighted by atomic mass is 32.1. The molecule has 0 spiro atoms. The first-order valence-corrected chi connectivity index (χ1v) is 7.51. The van der Waals surface area contributed by atoms with Crippen LogP contribution in [-0.2, 0) is 6.42 Å². The monoisotopic (exact) mass is 255 g/mol. The zero-order chi connectivity index (χ0) is 12.8. The summed E-state index contributed by atoms with van der Waals surface area (Å²) in [4.78, 5) is 5.78. The van der Waals surface area contributed by atoms with Crippen molar-refractivity contribution >= 4 is 11.3 Å². The number of aliphatic hydroxyl groups is 1. The Morgan fingerprint density at radius 1 is 1.18 bits per heavy atom. The lowest BCUT2D eigenvalue weighted by molar-refractivity contribution is 0.0963. The quantitative estimate of drug-likeness (QED) is 0.802. The number of rotatable bonds is 7. The molecule has 0 amide bonds. The minimum absolute atomic E-state index is 0.222. The molecule has 1 unspecified atom stereocenters. The van der Waals surface area contributed by atoms with Gasteiger partial charge in [-0.1, -0.05) is 26.7 Å². The molecule has 0 bridgehead atoms. The first-order chi connectivity index (χ1) is 8.08. The van der Waals surface area contributed by atoms with Crippen molar-refractivity contribution in [1.29, 1.82) is 0 Å². The summed E-state index contributed by atoms with van der Waals surface area (Å²) in [6.07, 6.45) is 5.05. The highest BCUT2D eigenvalue weighted by Gasteiger charge is 2.19. The molecule has 3 heteroatoms. The van der Waals surface area contributed by atoms with Crippen LogP contribution < -0.4 is 0 Å². The zero-order valence-electron chi connectivity index (χ0n) is 11.5. The minimum atomic E-state index is -0.222. The molecule has 1 aromatic rings. The summed E-state index contributed by atoms with van der Waals surface area (Å²) < 4.78 is 0. The third kappa shape index (κ3) is 4.40. The van der Waals surface area contributed by atoms with E-state index in [-0.39, 0.29) is 6.10 Å². The van der Waals surface area contributed by atoms with E-state index in [9.17, 15) is 5.11 Å². The molecule has 2 nitrogen and oxygen atoms in total. The Balaban J connectivity index is 2.58. The van der Waals surface area contributed by atoms with Crippen molar-refractivity contribution in [3.63, 3.8) is 0 Å². The standard InChI is InChI=1S/C14H25NOS/c1-5-7-12(8-6-2)13(16)9-14-15-10(3)11(4)17-14/h12-13,16H,5-9H2,1-4H3. The molecular formula is C14H25NOS. The summed E-state index contributed by atoms with van der Waals surface area (Å²) in [7, 11) is 0. The third-order valence-electron chi connectivity index (χ3n) is 3.32. The first-order valence-electron chi connectivity index (χ1n) is 6.69. The molecular weight excluding hydrogens is 230 g/mol. The maximum absolute atomic E-state index is 10.3. The molecule has 1 N–H and O–H groups in total. The lowest BCUT2D eigenvalue weighted by Gasteiger charge is -2.21. The van der Waals surface area contributed by atoms with Gasteiger partial charge in [0.15, 0.2) is 0 Å². The van der Waals surface area contributed by atoms with Crippen molar-refractivity contribution in [3.8, 4) is 0 Å². The smallest absolute Gasteiger partial charge is 0.0956 e. The summed E-state index contributed by atoms with van der Waals surface area (Å²) in [5, 5.41) is 11.4. The van der Waals surface area contributed by atoms with Gasteiger partial charge in [0.2, 0.25) is 0 Å². The largest absolute Gasteiger partial charge is 0.392 e. The van der Waals surface area contributed by atoms with Crippen molar-refractivity contribution < 1.29 is 5.11 Å². The Morgan fingerprint density at radius 2 is 1.76 bits per heavy atom. The molecule has 0 aliphatic carbocycles. The molecule has 1 heterocycles. The topological polar surface area (TPSA) is 33.1 Å². The maximum Gasteiger partial charge on any atom is 0.0956 e. The van der Waals surface area contributed by atoms with Crippen molar-refractivity contribution in [2.24, 2.45) is 5.92 Å². The van der Waals surface area contributed by atoms with Gasteiger partial charge in [0, 0.05) is 11.3 Å². The highest BCUT2D eigenvalue weighted by Crippen LogP contribution is 2.24. The fraction of sp³-hybridized carbons (Fsp3) is 0.786. The molecule has 1 rings (SSSR count). The van der Waals surface area contributed by atoms with Crippen molar-refractivity contribution in [2.75, 3.05) is 0 Å². The van der Waals surface area contributed by atoms with Gasteiger partial charge in [-0.15, -0.1) is 11.3 Å². The molecule has 1 atom stereocenters. The van der Waals surface area contributed by atoms with E-state index < -0.39 is 0 Å². The summed E-state index contributed by atoms with van der Waals surface area (Å²) in [6.45, 7) is 8.51. The zero-order valence-corrected chi connectivity index (χ0v) is 12.3. The average Bonchev–Trinajstić information content (AvgIpc) is 2.57. The predicted octanol–water partition coefficient (Wildman–Crippen LogP) is 3.88. The molecule has 0 radical (unpaired) electrons. The fourth-order valence-electron chi connectivity index (χ4n) is 2.24. The summed E-state index contributed by atoms with van der Waals surface area (Å²) in [5.74, 6) is 0.439. The normalized spacial score (nSPS) is 13.3. The van der Waals surface area contributed by atoms with Gasteiger partial charge in [0.25, 0.3) is 0 Å². The van der Waals surface area contributed by atoms with Crippen LogP contribution in [0.5, 0.6) is 0 Å². The molecule has 1 aromatic heterocycles. The van der Waals surface area contributed by atoms with E-state index in [0.29, 0.717) is 5.92 Å². The van der Waals surface area contributed by atoms with Crippen LogP contribution in [0.2, 0.25) is 0 Å². The van der Waals surface area contributed by atoms with E-state index in [1.165, 1.54) is 4.88 Å². The number of hydrogen-bond donors (Lipinski definition) is 1. The SMILES string of the molecule is CCCC(CCC)C(O)Cc1nc(C)c(C)s1. The summed E-state index contributed by atoms with van der Waals surface area (Å²) in [6, 6.07) is 0. The molecule has 0 aliphatic heterocycles. The van der Waals surface area contributed by atoms with Gasteiger partial charge in [0.1, 0.15) is 0 Å². The molecule has 0 aromatic carbocycles. The number of aliphatic hydroxyl groups excluding tert-OH is 1. The van der Waals surface area contributed by atoms with Gasteiger partial charge < -0.3 is 5.11 Å². The predicted molar refractivity (Wildman–Crippen MR) is 74.6 cm³/mol. The van der Waals surface area contributed by atoms with Gasteiger partial charge in [-0.25, -0.2) is 4.98 Å². The molecule has 0 aliphatic rings. The van der Waals surface area contributed by atoms with Gasteiger partial charge >= 0.3 is 0 Å². The van der Waals surface area contributed by atoms with Crippen LogP contribution in [-0.4, -0.2) is 16.2 Å². The fourth-order valence-corrected chi connectivity index (χ4v) is 3.23. The molecule has 17 heavy (non-hydrogen) atoms. The van der Waals surface area contributed by atoms with Crippen LogP contribution in [0.15, 0.2) is 0 Å². The van der Waals surface area contributed by atoms with E-state index in [4.69, 9.17) is 0 Å². The number of nitrogens with zero attached hydrogens (tertiary/aromatic N) is 1. The Bertz CT molecular complexity index is 309. The van der Waals surface area contributed by atoms with Gasteiger partial charge in [-0.3, -0.25) is 0 Å². The number of thiazole rings is 1. The van der Waals surface area contributed by atoms with Crippen molar-refractivity contribution in [2.45, 2.75) is 65.9 Å². The molecule has 0 saturated heterocycles. The van der Waals surface area contributed by atoms with Crippen molar-refractivity contribution in [3.05, 3.63) is 15.6 Å². The van der Waals surface area contributed by atoms with Crippen LogP contribution in [0, 0.1) is 19.8 Å². The Kier molecular flexibility index (Phi) is 6.14. The van der Waals surface area contributed by atoms with Gasteiger partial charge in [0.05, 0.1) is 16.8 Å². The van der Waals surface area contributed by atoms with Crippen LogP contribution >= 0.6 is 11.3 Å². The minimum Gasteiger partial charge on any atom is -0.392 e. The second-order valence-electron chi connectivity index (χ2n) is 4.86. The Hall–Kier alpha value is -0.410. The molecule has 98 valence electrons. The average molecular weight is 255 g/mol. The highest BCUT2D eigenvalue weighted by molar-refractivity contribution is 7.11. The Labute approximate surface area is 109 Å². The van der Waals surface area contributed by atoms with Crippen LogP contribution in [0.3, 0.4) is 0 Å². The Morgan fingerprint density at radius 3 is 2.18 bits per heavy atom. The summed E-state index contributed by atoms with van der Waals surface area (Å²) in [5.41, 5.74) is 1.11. The molecule has 0 saturated carbocycles. The van der Waals surface area contributed by atoms with Crippen molar-refractivity contribution in [1.82, 2.24) is 4.98 Å². The van der Waals surface area contributed by atoms with Crippen LogP contribution in [0.4, 0.5) is 0 Å². The van der Waals surface area contributed by atoms with E-state index in [1.54, 1.807) is 11.3 Å². The first kappa shape index (κ1) is 14.7. The van der Waals surface area contributed by atoms with E-state index in [0.717, 1.165) is 42.8 Å². The van der Waals surface area contributed by atoms with E-state index in [2.05, 4.69) is 25.8 Å². The lowest BCUT2D eigenvalue weighted by atomic mass is 9.91. The number of aryl methyl sites for hydroxylation is 2. The van der Waals surface area contributed by atoms with Gasteiger partial charge in [-0.05, 0) is 32.6 Å². The second-order valence-corrected chi connectivity index (χ2v) is 6.15.